The van der Waals surface area contributed by atoms with Gasteiger partial charge in [0.05, 0.1) is 10.5 Å². The van der Waals surface area contributed by atoms with E-state index in [0.29, 0.717) is 16.9 Å². The Kier molecular flexibility index (Phi) is 6.01. The highest BCUT2D eigenvalue weighted by Crippen LogP contribution is 2.35. The number of anilines is 1. The second kappa shape index (κ2) is 8.20. The number of carboxylic acid groups (broad SMARTS) is 1. The fourth-order valence-electron chi connectivity index (χ4n) is 3.20. The fourth-order valence-corrected chi connectivity index (χ4v) is 5.77. The van der Waals surface area contributed by atoms with Gasteiger partial charge in [0.1, 0.15) is 5.01 Å². The number of hydrogen-bond donors (Lipinski definition) is 1. The molecule has 158 valence electrons. The summed E-state index contributed by atoms with van der Waals surface area (Å²) < 4.78 is 28.1. The number of aromatic nitrogens is 1. The second-order valence-corrected chi connectivity index (χ2v) is 10.2. The van der Waals surface area contributed by atoms with Gasteiger partial charge in [-0.2, -0.15) is 0 Å². The molecule has 0 bridgehead atoms. The van der Waals surface area contributed by atoms with Crippen LogP contribution in [-0.2, 0) is 10.0 Å². The molecule has 0 amide bonds. The number of nitrogens with zero attached hydrogens (tertiary/aromatic N) is 2. The lowest BCUT2D eigenvalue weighted by Crippen LogP contribution is -2.32. The molecule has 1 N–H and O–H groups in total. The Labute approximate surface area is 180 Å². The molecule has 0 atom stereocenters. The topological polar surface area (TPSA) is 87.6 Å². The molecule has 0 fully saturated rings. The van der Waals surface area contributed by atoms with Crippen molar-refractivity contribution in [1.29, 1.82) is 0 Å². The average molecular weight is 445 g/mol. The zero-order valence-electron chi connectivity index (χ0n) is 17.6. The molecule has 0 radical (unpaired) electrons. The van der Waals surface area contributed by atoms with Crippen molar-refractivity contribution in [1.82, 2.24) is 4.98 Å². The summed E-state index contributed by atoms with van der Waals surface area (Å²) in [4.78, 5) is 16.9. The molecule has 8 heteroatoms. The van der Waals surface area contributed by atoms with Gasteiger partial charge in [-0.15, -0.1) is 11.3 Å². The second-order valence-electron chi connectivity index (χ2n) is 7.15. The van der Waals surface area contributed by atoms with E-state index in [2.05, 4.69) is 4.98 Å². The number of thiazole rings is 1. The minimum absolute atomic E-state index is 0.0139. The largest absolute Gasteiger partial charge is 0.478 e. The highest BCUT2D eigenvalue weighted by molar-refractivity contribution is 7.92. The predicted octanol–water partition coefficient (Wildman–Crippen LogP) is 4.96. The van der Waals surface area contributed by atoms with Gasteiger partial charge in [-0.05, 0) is 57.9 Å². The van der Waals surface area contributed by atoms with E-state index in [1.165, 1.54) is 27.8 Å². The minimum Gasteiger partial charge on any atom is -0.478 e. The summed E-state index contributed by atoms with van der Waals surface area (Å²) in [5.41, 5.74) is 3.21. The maximum absolute atomic E-state index is 13.4. The first-order valence-electron chi connectivity index (χ1n) is 9.48. The summed E-state index contributed by atoms with van der Waals surface area (Å²) in [6.45, 7) is 9.14. The van der Waals surface area contributed by atoms with E-state index in [1.54, 1.807) is 20.8 Å². The maximum atomic E-state index is 13.4. The van der Waals surface area contributed by atoms with Crippen LogP contribution in [0.15, 0.2) is 41.3 Å². The average Bonchev–Trinajstić information content (AvgIpc) is 3.05. The van der Waals surface area contributed by atoms with Gasteiger partial charge in [-0.1, -0.05) is 29.8 Å². The zero-order valence-corrected chi connectivity index (χ0v) is 19.2. The molecular formula is C22H24N2O4S2. The summed E-state index contributed by atoms with van der Waals surface area (Å²) in [5.74, 6) is -0.782. The van der Waals surface area contributed by atoms with E-state index in [9.17, 15) is 18.3 Å². The molecular weight excluding hydrogens is 420 g/mol. The van der Waals surface area contributed by atoms with Gasteiger partial charge >= 0.3 is 5.97 Å². The number of aryl methyl sites for hydroxylation is 3. The van der Waals surface area contributed by atoms with Gasteiger partial charge in [0.2, 0.25) is 0 Å². The maximum Gasteiger partial charge on any atom is 0.336 e. The van der Waals surface area contributed by atoms with Crippen molar-refractivity contribution in [3.05, 3.63) is 63.5 Å². The monoisotopic (exact) mass is 444 g/mol. The highest BCUT2D eigenvalue weighted by atomic mass is 32.2. The normalized spacial score (nSPS) is 11.5. The summed E-state index contributed by atoms with van der Waals surface area (Å²) in [6, 6.07) is 10.6. The number of carboxylic acids is 1. The van der Waals surface area contributed by atoms with Crippen molar-refractivity contribution in [2.75, 3.05) is 10.8 Å². The molecule has 0 unspecified atom stereocenters. The molecule has 1 aromatic heterocycles. The van der Waals surface area contributed by atoms with Crippen molar-refractivity contribution < 1.29 is 18.3 Å². The molecule has 0 aliphatic rings. The first-order chi connectivity index (χ1) is 14.1. The smallest absolute Gasteiger partial charge is 0.336 e. The van der Waals surface area contributed by atoms with Crippen LogP contribution < -0.4 is 4.31 Å². The van der Waals surface area contributed by atoms with Crippen LogP contribution in [0, 0.1) is 27.7 Å². The number of sulfonamides is 1. The van der Waals surface area contributed by atoms with E-state index in [-0.39, 0.29) is 17.0 Å². The first-order valence-corrected chi connectivity index (χ1v) is 11.7. The zero-order chi connectivity index (χ0) is 22.2. The van der Waals surface area contributed by atoms with Crippen molar-refractivity contribution in [2.45, 2.75) is 39.5 Å². The molecule has 1 heterocycles. The summed E-state index contributed by atoms with van der Waals surface area (Å²) in [5, 5.41) is 10.2. The van der Waals surface area contributed by atoms with Crippen LogP contribution in [0.2, 0.25) is 0 Å². The number of carbonyl (C=O) groups is 1. The van der Waals surface area contributed by atoms with Crippen LogP contribution >= 0.6 is 11.3 Å². The lowest BCUT2D eigenvalue weighted by atomic mass is 10.0. The summed E-state index contributed by atoms with van der Waals surface area (Å²) in [6.07, 6.45) is 0. The fraction of sp³-hybridized carbons (Fsp3) is 0.273. The lowest BCUT2D eigenvalue weighted by Gasteiger charge is -2.22. The van der Waals surface area contributed by atoms with Crippen molar-refractivity contribution >= 4 is 33.1 Å². The Bertz CT molecular complexity index is 1210. The van der Waals surface area contributed by atoms with Crippen LogP contribution in [0.4, 0.5) is 5.82 Å². The Morgan fingerprint density at radius 2 is 1.73 bits per heavy atom. The third kappa shape index (κ3) is 3.97. The molecule has 2 aromatic carbocycles. The van der Waals surface area contributed by atoms with Gasteiger partial charge in [-0.25, -0.2) is 22.5 Å². The molecule has 0 aliphatic heterocycles. The summed E-state index contributed by atoms with van der Waals surface area (Å²) in [7, 11) is -3.98. The molecule has 3 rings (SSSR count). The molecule has 0 aliphatic carbocycles. The number of rotatable bonds is 6. The molecule has 6 nitrogen and oxygen atoms in total. The van der Waals surface area contributed by atoms with Gasteiger partial charge in [-0.3, -0.25) is 0 Å². The highest BCUT2D eigenvalue weighted by Gasteiger charge is 2.29. The Morgan fingerprint density at radius 3 is 2.30 bits per heavy atom. The van der Waals surface area contributed by atoms with E-state index in [0.717, 1.165) is 21.0 Å². The van der Waals surface area contributed by atoms with Crippen molar-refractivity contribution in [3.8, 4) is 10.6 Å². The van der Waals surface area contributed by atoms with Gasteiger partial charge < -0.3 is 5.11 Å². The van der Waals surface area contributed by atoms with Crippen LogP contribution in [-0.4, -0.2) is 31.0 Å². The molecule has 0 saturated carbocycles. The van der Waals surface area contributed by atoms with Gasteiger partial charge in [0.25, 0.3) is 10.0 Å². The van der Waals surface area contributed by atoms with E-state index < -0.39 is 16.0 Å². The standard InChI is InChI=1S/C22H24N2O4S2/c1-6-24(20-16(5)29-21(23-20)17-9-7-13(2)8-10-17)30(27,28)18-11-14(3)15(4)19(12-18)22(25)26/h7-12H,6H2,1-5H3,(H,25,26). The molecule has 30 heavy (non-hydrogen) atoms. The third-order valence-corrected chi connectivity index (χ3v) is 7.91. The number of hydrogen-bond acceptors (Lipinski definition) is 5. The van der Waals surface area contributed by atoms with Gasteiger partial charge in [0.15, 0.2) is 5.82 Å². The van der Waals surface area contributed by atoms with Crippen molar-refractivity contribution in [2.24, 2.45) is 0 Å². The van der Waals surface area contributed by atoms with Crippen LogP contribution in [0.25, 0.3) is 10.6 Å². The quantitative estimate of drug-likeness (QED) is 0.581. The van der Waals surface area contributed by atoms with E-state index >= 15 is 0 Å². The molecule has 3 aromatic rings. The first kappa shape index (κ1) is 22.0. The Morgan fingerprint density at radius 1 is 1.10 bits per heavy atom. The van der Waals surface area contributed by atoms with Crippen LogP contribution in [0.5, 0.6) is 0 Å². The third-order valence-electron chi connectivity index (χ3n) is 5.05. The van der Waals surface area contributed by atoms with E-state index in [1.807, 2.05) is 38.1 Å². The predicted molar refractivity (Wildman–Crippen MR) is 120 cm³/mol. The van der Waals surface area contributed by atoms with Crippen LogP contribution in [0.1, 0.15) is 38.8 Å². The SMILES string of the molecule is CCN(c1nc(-c2ccc(C)cc2)sc1C)S(=O)(=O)c1cc(C)c(C)c(C(=O)O)c1. The number of benzene rings is 2. The van der Waals surface area contributed by atoms with Crippen molar-refractivity contribution in [3.63, 3.8) is 0 Å². The van der Waals surface area contributed by atoms with E-state index in [4.69, 9.17) is 0 Å². The lowest BCUT2D eigenvalue weighted by molar-refractivity contribution is 0.0695. The molecule has 0 saturated heterocycles. The molecule has 0 spiro atoms. The van der Waals surface area contributed by atoms with Gasteiger partial charge in [0, 0.05) is 17.0 Å². The number of aromatic carboxylic acids is 1. The Hall–Kier alpha value is -2.71. The Balaban J connectivity index is 2.10. The minimum atomic E-state index is -3.98. The summed E-state index contributed by atoms with van der Waals surface area (Å²) >= 11 is 1.43. The van der Waals surface area contributed by atoms with Crippen LogP contribution in [0.3, 0.4) is 0 Å².